The Hall–Kier alpha value is -1.24. The molecule has 3 N–H and O–H groups in total. The highest BCUT2D eigenvalue weighted by Gasteiger charge is 2.71. The fourth-order valence-electron chi connectivity index (χ4n) is 8.82. The van der Waals surface area contributed by atoms with Crippen LogP contribution in [0, 0.1) is 28.6 Å². The molecular weight excluding hydrogens is 418 g/mol. The Morgan fingerprint density at radius 3 is 2.58 bits per heavy atom. The summed E-state index contributed by atoms with van der Waals surface area (Å²) in [5.41, 5.74) is -2.62. The Balaban J connectivity index is 1.49. The lowest BCUT2D eigenvalue weighted by Crippen LogP contribution is -2.69. The standard InChI is InChI=1S/C27H41NO5/c1-3-4-15-28-17-25-12-7-18(29)16-26(25,31)13-9-20-19(25)8-11-24(2)21(10-14-27(20,24)32)22-5-6-23(30)33-22/h5-6,17-22,29,31-32H,3-4,7-16H2,1-2H3/t18-,19-,20+,21-,22-,24+,25-,26+,27-/m0/s1. The molecule has 6 heteroatoms. The third-order valence-corrected chi connectivity index (χ3v) is 10.6. The first-order valence-electron chi connectivity index (χ1n) is 13.2. The maximum Gasteiger partial charge on any atom is 0.331 e. The van der Waals surface area contributed by atoms with E-state index in [1.807, 2.05) is 6.08 Å². The SMILES string of the molecule is CCCCN=C[C@]12CC[C@H](O)C[C@]1(O)CC[C@@H]1[C@@H]2CC[C@]2(C)[C@H]([C@@H]3C=CC(=O)O3)CC[C@]12O. The van der Waals surface area contributed by atoms with Gasteiger partial charge in [0.2, 0.25) is 0 Å². The van der Waals surface area contributed by atoms with E-state index in [4.69, 9.17) is 9.73 Å². The van der Waals surface area contributed by atoms with Gasteiger partial charge in [-0.05, 0) is 75.7 Å². The smallest absolute Gasteiger partial charge is 0.331 e. The number of esters is 1. The van der Waals surface area contributed by atoms with Gasteiger partial charge >= 0.3 is 5.97 Å². The van der Waals surface area contributed by atoms with Crippen LogP contribution in [0.4, 0.5) is 0 Å². The number of aliphatic imine (C=N–C) groups is 1. The summed E-state index contributed by atoms with van der Waals surface area (Å²) in [5.74, 6) is 0.0656. The lowest BCUT2D eigenvalue weighted by molar-refractivity contribution is -0.241. The third-order valence-electron chi connectivity index (χ3n) is 10.6. The van der Waals surface area contributed by atoms with E-state index in [1.54, 1.807) is 0 Å². The van der Waals surface area contributed by atoms with Gasteiger partial charge in [-0.1, -0.05) is 20.3 Å². The number of hydrogen-bond acceptors (Lipinski definition) is 6. The Kier molecular flexibility index (Phi) is 5.81. The van der Waals surface area contributed by atoms with Crippen LogP contribution in [0.5, 0.6) is 0 Å². The van der Waals surface area contributed by atoms with Gasteiger partial charge in [0.05, 0.1) is 17.3 Å². The summed E-state index contributed by atoms with van der Waals surface area (Å²) in [4.78, 5) is 16.6. The molecule has 0 radical (unpaired) electrons. The average molecular weight is 460 g/mol. The number of unbranched alkanes of at least 4 members (excludes halogenated alkanes) is 1. The van der Waals surface area contributed by atoms with E-state index in [2.05, 4.69) is 20.1 Å². The van der Waals surface area contributed by atoms with Crippen LogP contribution in [-0.2, 0) is 9.53 Å². The summed E-state index contributed by atoms with van der Waals surface area (Å²) in [6, 6.07) is 0. The van der Waals surface area contributed by atoms with Gasteiger partial charge in [0.25, 0.3) is 0 Å². The monoisotopic (exact) mass is 459 g/mol. The minimum Gasteiger partial charge on any atom is -0.455 e. The Morgan fingerprint density at radius 2 is 1.85 bits per heavy atom. The molecule has 1 aliphatic heterocycles. The molecule has 184 valence electrons. The van der Waals surface area contributed by atoms with E-state index in [0.29, 0.717) is 25.7 Å². The predicted molar refractivity (Wildman–Crippen MR) is 126 cm³/mol. The molecular formula is C27H41NO5. The summed E-state index contributed by atoms with van der Waals surface area (Å²) in [6.07, 6.45) is 13.3. The number of aliphatic hydroxyl groups is 3. The molecule has 5 aliphatic rings. The van der Waals surface area contributed by atoms with E-state index in [9.17, 15) is 20.1 Å². The zero-order valence-electron chi connectivity index (χ0n) is 20.2. The van der Waals surface area contributed by atoms with Crippen LogP contribution >= 0.6 is 0 Å². The molecule has 0 aromatic rings. The van der Waals surface area contributed by atoms with Crippen LogP contribution < -0.4 is 0 Å². The van der Waals surface area contributed by atoms with Crippen molar-refractivity contribution in [3.63, 3.8) is 0 Å². The van der Waals surface area contributed by atoms with Gasteiger partial charge in [0, 0.05) is 42.0 Å². The fourth-order valence-corrected chi connectivity index (χ4v) is 8.82. The van der Waals surface area contributed by atoms with Crippen LogP contribution in [0.1, 0.15) is 84.5 Å². The Labute approximate surface area is 197 Å². The minimum absolute atomic E-state index is 0.0791. The number of nitrogens with zero attached hydrogens (tertiary/aromatic N) is 1. The number of cyclic esters (lactones) is 1. The molecule has 0 aromatic carbocycles. The lowest BCUT2D eigenvalue weighted by atomic mass is 9.41. The molecule has 0 bridgehead atoms. The zero-order chi connectivity index (χ0) is 23.5. The first kappa shape index (κ1) is 23.5. The topological polar surface area (TPSA) is 99.4 Å². The second-order valence-electron chi connectivity index (χ2n) is 11.9. The van der Waals surface area contributed by atoms with E-state index >= 15 is 0 Å². The number of aliphatic hydroxyl groups excluding tert-OH is 1. The van der Waals surface area contributed by atoms with Gasteiger partial charge in [0.15, 0.2) is 0 Å². The largest absolute Gasteiger partial charge is 0.455 e. The molecule has 0 unspecified atom stereocenters. The van der Waals surface area contributed by atoms with Gasteiger partial charge in [-0.2, -0.15) is 0 Å². The van der Waals surface area contributed by atoms with Crippen molar-refractivity contribution >= 4 is 12.2 Å². The van der Waals surface area contributed by atoms with Crippen LogP contribution in [0.2, 0.25) is 0 Å². The molecule has 9 atom stereocenters. The molecule has 33 heavy (non-hydrogen) atoms. The van der Waals surface area contributed by atoms with Crippen molar-refractivity contribution in [2.75, 3.05) is 6.54 Å². The molecule has 4 aliphatic carbocycles. The number of hydrogen-bond donors (Lipinski definition) is 3. The second kappa shape index (κ2) is 8.17. The maximum atomic E-state index is 12.4. The highest BCUT2D eigenvalue weighted by Crippen LogP contribution is 2.70. The van der Waals surface area contributed by atoms with E-state index in [1.165, 1.54) is 6.08 Å². The summed E-state index contributed by atoms with van der Waals surface area (Å²) >= 11 is 0. The zero-order valence-corrected chi connectivity index (χ0v) is 20.2. The lowest BCUT2D eigenvalue weighted by Gasteiger charge is -2.65. The fraction of sp³-hybridized carbons (Fsp3) is 0.852. The minimum atomic E-state index is -0.965. The molecule has 6 nitrogen and oxygen atoms in total. The quantitative estimate of drug-likeness (QED) is 0.332. The molecule has 0 spiro atoms. The molecule has 0 amide bonds. The number of ether oxygens (including phenoxy) is 1. The first-order valence-corrected chi connectivity index (χ1v) is 13.2. The molecule has 4 saturated carbocycles. The van der Waals surface area contributed by atoms with Crippen molar-refractivity contribution in [3.8, 4) is 0 Å². The maximum absolute atomic E-state index is 12.4. The van der Waals surface area contributed by atoms with Crippen molar-refractivity contribution in [3.05, 3.63) is 12.2 Å². The average Bonchev–Trinajstić information content (AvgIpc) is 3.31. The van der Waals surface area contributed by atoms with Gasteiger partial charge in [-0.3, -0.25) is 4.99 Å². The molecule has 0 aromatic heterocycles. The highest BCUT2D eigenvalue weighted by atomic mass is 16.5. The Morgan fingerprint density at radius 1 is 1.09 bits per heavy atom. The van der Waals surface area contributed by atoms with Crippen molar-refractivity contribution < 1.29 is 24.9 Å². The number of fused-ring (bicyclic) bond motifs is 5. The van der Waals surface area contributed by atoms with Crippen LogP contribution in [0.3, 0.4) is 0 Å². The number of carbonyl (C=O) groups is 1. The van der Waals surface area contributed by atoms with Gasteiger partial charge in [-0.15, -0.1) is 0 Å². The molecule has 4 fully saturated rings. The van der Waals surface area contributed by atoms with Crippen molar-refractivity contribution in [1.29, 1.82) is 0 Å². The van der Waals surface area contributed by atoms with Crippen molar-refractivity contribution in [2.24, 2.45) is 33.6 Å². The van der Waals surface area contributed by atoms with Crippen LogP contribution in [0.15, 0.2) is 17.1 Å². The number of carbonyl (C=O) groups excluding carboxylic acids is 1. The second-order valence-corrected chi connectivity index (χ2v) is 11.9. The molecule has 1 heterocycles. The number of rotatable bonds is 5. The summed E-state index contributed by atoms with van der Waals surface area (Å²) in [6.45, 7) is 5.12. The van der Waals surface area contributed by atoms with E-state index in [0.717, 1.165) is 51.5 Å². The van der Waals surface area contributed by atoms with Crippen LogP contribution in [0.25, 0.3) is 0 Å². The van der Waals surface area contributed by atoms with Crippen molar-refractivity contribution in [1.82, 2.24) is 0 Å². The van der Waals surface area contributed by atoms with Gasteiger partial charge in [0.1, 0.15) is 6.10 Å². The van der Waals surface area contributed by atoms with E-state index in [-0.39, 0.29) is 35.2 Å². The first-order chi connectivity index (χ1) is 15.7. The van der Waals surface area contributed by atoms with Gasteiger partial charge < -0.3 is 20.1 Å². The van der Waals surface area contributed by atoms with Crippen molar-refractivity contribution in [2.45, 2.75) is 108 Å². The van der Waals surface area contributed by atoms with Crippen LogP contribution in [-0.4, -0.2) is 57.5 Å². The Bertz CT molecular complexity index is 842. The predicted octanol–water partition coefficient (Wildman–Crippen LogP) is 3.57. The third kappa shape index (κ3) is 3.30. The summed E-state index contributed by atoms with van der Waals surface area (Å²) in [7, 11) is 0. The summed E-state index contributed by atoms with van der Waals surface area (Å²) < 4.78 is 5.60. The normalized spacial score (nSPS) is 51.3. The highest BCUT2D eigenvalue weighted by molar-refractivity contribution is 5.84. The van der Waals surface area contributed by atoms with E-state index < -0.39 is 22.7 Å². The van der Waals surface area contributed by atoms with Gasteiger partial charge in [-0.25, -0.2) is 4.79 Å². The summed E-state index contributed by atoms with van der Waals surface area (Å²) in [5, 5.41) is 34.8. The molecule has 5 rings (SSSR count). The molecule has 0 saturated heterocycles.